The third-order valence-corrected chi connectivity index (χ3v) is 3.43. The van der Waals surface area contributed by atoms with Crippen LogP contribution in [0.2, 0.25) is 0 Å². The standard InChI is InChI=1S/C12H20F3N3O3/c13-12(14,15)9-17-1-3-18(4-2-17)11(19)16-7-10-8-20-5-6-21-10/h10H,1-9H2,(H,16,19). The number of amides is 2. The summed E-state index contributed by atoms with van der Waals surface area (Å²) in [5.74, 6) is 0. The molecule has 2 fully saturated rings. The van der Waals surface area contributed by atoms with Gasteiger partial charge >= 0.3 is 12.2 Å². The second kappa shape index (κ2) is 7.28. The summed E-state index contributed by atoms with van der Waals surface area (Å²) in [6.07, 6.45) is -4.35. The van der Waals surface area contributed by atoms with Crippen LogP contribution in [0, 0.1) is 0 Å². The highest BCUT2D eigenvalue weighted by molar-refractivity contribution is 5.74. The molecular weight excluding hydrogens is 291 g/mol. The van der Waals surface area contributed by atoms with Crippen LogP contribution in [0.25, 0.3) is 0 Å². The van der Waals surface area contributed by atoms with Gasteiger partial charge in [-0.05, 0) is 0 Å². The zero-order chi connectivity index (χ0) is 15.3. The molecule has 9 heteroatoms. The number of hydrogen-bond donors (Lipinski definition) is 1. The number of rotatable bonds is 3. The molecule has 21 heavy (non-hydrogen) atoms. The highest BCUT2D eigenvalue weighted by Crippen LogP contribution is 2.17. The fourth-order valence-electron chi connectivity index (χ4n) is 2.33. The molecule has 0 aromatic heterocycles. The predicted octanol–water partition coefficient (Wildman–Crippen LogP) is 0.291. The van der Waals surface area contributed by atoms with E-state index in [0.717, 1.165) is 0 Å². The van der Waals surface area contributed by atoms with E-state index in [9.17, 15) is 18.0 Å². The lowest BCUT2D eigenvalue weighted by Crippen LogP contribution is -2.54. The average molecular weight is 311 g/mol. The van der Waals surface area contributed by atoms with E-state index in [0.29, 0.717) is 39.5 Å². The van der Waals surface area contributed by atoms with Gasteiger partial charge < -0.3 is 19.7 Å². The second-order valence-corrected chi connectivity index (χ2v) is 5.13. The van der Waals surface area contributed by atoms with Crippen molar-refractivity contribution in [1.82, 2.24) is 15.1 Å². The summed E-state index contributed by atoms with van der Waals surface area (Å²) in [6.45, 7) is 2.00. The Hall–Kier alpha value is -1.06. The molecule has 0 bridgehead atoms. The molecule has 2 amide bonds. The Morgan fingerprint density at radius 3 is 2.48 bits per heavy atom. The molecule has 2 saturated heterocycles. The van der Waals surface area contributed by atoms with Crippen molar-refractivity contribution in [2.45, 2.75) is 12.3 Å². The number of hydrogen-bond acceptors (Lipinski definition) is 4. The molecule has 122 valence electrons. The first kappa shape index (κ1) is 16.3. The first-order chi connectivity index (χ1) is 9.94. The van der Waals surface area contributed by atoms with E-state index in [4.69, 9.17) is 9.47 Å². The average Bonchev–Trinajstić information content (AvgIpc) is 2.45. The number of urea groups is 1. The Morgan fingerprint density at radius 2 is 1.90 bits per heavy atom. The lowest BCUT2D eigenvalue weighted by molar-refractivity contribution is -0.148. The number of alkyl halides is 3. The number of halogens is 3. The number of nitrogens with one attached hydrogen (secondary N) is 1. The number of carbonyl (C=O) groups is 1. The Morgan fingerprint density at radius 1 is 1.19 bits per heavy atom. The summed E-state index contributed by atoms with van der Waals surface area (Å²) < 4.78 is 47.4. The van der Waals surface area contributed by atoms with Crippen LogP contribution < -0.4 is 5.32 Å². The van der Waals surface area contributed by atoms with Crippen molar-refractivity contribution in [2.24, 2.45) is 0 Å². The molecule has 2 aliphatic rings. The van der Waals surface area contributed by atoms with Crippen molar-refractivity contribution in [1.29, 1.82) is 0 Å². The van der Waals surface area contributed by atoms with E-state index in [1.54, 1.807) is 0 Å². The van der Waals surface area contributed by atoms with Gasteiger partial charge in [-0.2, -0.15) is 13.2 Å². The van der Waals surface area contributed by atoms with Crippen molar-refractivity contribution < 1.29 is 27.4 Å². The van der Waals surface area contributed by atoms with Crippen LogP contribution in [-0.4, -0.2) is 87.2 Å². The Balaban J connectivity index is 1.65. The van der Waals surface area contributed by atoms with Crippen molar-refractivity contribution >= 4 is 6.03 Å². The van der Waals surface area contributed by atoms with E-state index in [1.807, 2.05) is 0 Å². The summed E-state index contributed by atoms with van der Waals surface area (Å²) >= 11 is 0. The van der Waals surface area contributed by atoms with Gasteiger partial charge in [0.2, 0.25) is 0 Å². The predicted molar refractivity (Wildman–Crippen MR) is 68.0 cm³/mol. The molecule has 2 heterocycles. The van der Waals surface area contributed by atoms with Crippen molar-refractivity contribution in [3.63, 3.8) is 0 Å². The molecule has 0 aromatic carbocycles. The van der Waals surface area contributed by atoms with Crippen LogP contribution in [0.3, 0.4) is 0 Å². The Kier molecular flexibility index (Phi) is 5.65. The van der Waals surface area contributed by atoms with Gasteiger partial charge in [-0.3, -0.25) is 4.90 Å². The van der Waals surface area contributed by atoms with Gasteiger partial charge in [-0.1, -0.05) is 0 Å². The quantitative estimate of drug-likeness (QED) is 0.814. The van der Waals surface area contributed by atoms with Crippen molar-refractivity contribution in [2.75, 3.05) is 59.1 Å². The zero-order valence-electron chi connectivity index (χ0n) is 11.7. The number of ether oxygens (including phenoxy) is 2. The molecule has 2 aliphatic heterocycles. The summed E-state index contributed by atoms with van der Waals surface area (Å²) in [6, 6.07) is -0.268. The molecule has 2 rings (SSSR count). The van der Waals surface area contributed by atoms with E-state index in [2.05, 4.69) is 5.32 Å². The summed E-state index contributed by atoms with van der Waals surface area (Å²) in [4.78, 5) is 14.7. The maximum atomic E-state index is 12.3. The third kappa shape index (κ3) is 5.68. The SMILES string of the molecule is O=C(NCC1COCCO1)N1CCN(CC(F)(F)F)CC1. The minimum atomic E-state index is -4.19. The third-order valence-electron chi connectivity index (χ3n) is 3.43. The van der Waals surface area contributed by atoms with Crippen LogP contribution in [0.5, 0.6) is 0 Å². The highest BCUT2D eigenvalue weighted by Gasteiger charge is 2.32. The van der Waals surface area contributed by atoms with Gasteiger partial charge in [0.15, 0.2) is 0 Å². The molecule has 0 spiro atoms. The Labute approximate surface area is 121 Å². The minimum Gasteiger partial charge on any atom is -0.376 e. The van der Waals surface area contributed by atoms with E-state index in [-0.39, 0.29) is 25.2 Å². The molecule has 1 unspecified atom stereocenters. The van der Waals surface area contributed by atoms with Crippen LogP contribution in [0.1, 0.15) is 0 Å². The smallest absolute Gasteiger partial charge is 0.376 e. The maximum absolute atomic E-state index is 12.3. The molecule has 1 N–H and O–H groups in total. The second-order valence-electron chi connectivity index (χ2n) is 5.13. The summed E-state index contributed by atoms with van der Waals surface area (Å²) in [5.41, 5.74) is 0. The fourth-order valence-corrected chi connectivity index (χ4v) is 2.33. The first-order valence-corrected chi connectivity index (χ1v) is 6.95. The molecule has 1 atom stereocenters. The topological polar surface area (TPSA) is 54.0 Å². The van der Waals surface area contributed by atoms with E-state index < -0.39 is 12.7 Å². The highest BCUT2D eigenvalue weighted by atomic mass is 19.4. The summed E-state index contributed by atoms with van der Waals surface area (Å²) in [5, 5.41) is 2.73. The molecule has 0 saturated carbocycles. The number of carbonyl (C=O) groups excluding carboxylic acids is 1. The van der Waals surface area contributed by atoms with Gasteiger partial charge in [0.25, 0.3) is 0 Å². The first-order valence-electron chi connectivity index (χ1n) is 6.95. The molecular formula is C12H20F3N3O3. The molecule has 6 nitrogen and oxygen atoms in total. The normalized spacial score (nSPS) is 24.9. The fraction of sp³-hybridized carbons (Fsp3) is 0.917. The van der Waals surface area contributed by atoms with Crippen LogP contribution in [0.4, 0.5) is 18.0 Å². The number of nitrogens with zero attached hydrogens (tertiary/aromatic N) is 2. The van der Waals surface area contributed by atoms with E-state index >= 15 is 0 Å². The van der Waals surface area contributed by atoms with Gasteiger partial charge in [-0.15, -0.1) is 0 Å². The molecule has 0 aliphatic carbocycles. The maximum Gasteiger partial charge on any atom is 0.401 e. The lowest BCUT2D eigenvalue weighted by atomic mass is 10.3. The minimum absolute atomic E-state index is 0.158. The van der Waals surface area contributed by atoms with Gasteiger partial charge in [0.1, 0.15) is 0 Å². The monoisotopic (exact) mass is 311 g/mol. The van der Waals surface area contributed by atoms with Crippen molar-refractivity contribution in [3.8, 4) is 0 Å². The van der Waals surface area contributed by atoms with Crippen LogP contribution in [0.15, 0.2) is 0 Å². The molecule has 0 aromatic rings. The molecule has 0 radical (unpaired) electrons. The van der Waals surface area contributed by atoms with Crippen LogP contribution >= 0.6 is 0 Å². The lowest BCUT2D eigenvalue weighted by Gasteiger charge is -2.35. The summed E-state index contributed by atoms with van der Waals surface area (Å²) in [7, 11) is 0. The van der Waals surface area contributed by atoms with Gasteiger partial charge in [0, 0.05) is 32.7 Å². The van der Waals surface area contributed by atoms with Crippen LogP contribution in [-0.2, 0) is 9.47 Å². The van der Waals surface area contributed by atoms with Crippen molar-refractivity contribution in [3.05, 3.63) is 0 Å². The van der Waals surface area contributed by atoms with E-state index in [1.165, 1.54) is 9.80 Å². The van der Waals surface area contributed by atoms with Gasteiger partial charge in [0.05, 0.1) is 32.5 Å². The number of piperazine rings is 1. The largest absolute Gasteiger partial charge is 0.401 e. The Bertz CT molecular complexity index is 340. The van der Waals surface area contributed by atoms with Gasteiger partial charge in [-0.25, -0.2) is 4.79 Å². The zero-order valence-corrected chi connectivity index (χ0v) is 11.7.